The zero-order valence-corrected chi connectivity index (χ0v) is 13.5. The van der Waals surface area contributed by atoms with Crippen molar-refractivity contribution < 1.29 is 28.4 Å². The van der Waals surface area contributed by atoms with Crippen LogP contribution in [0.4, 0.5) is 0 Å². The van der Waals surface area contributed by atoms with Gasteiger partial charge in [0, 0.05) is 0 Å². The normalized spacial score (nSPS) is 10.7. The van der Waals surface area contributed by atoms with Crippen LogP contribution < -0.4 is 0 Å². The van der Waals surface area contributed by atoms with Crippen LogP contribution in [0.15, 0.2) is 25.3 Å². The molecule has 0 aromatic rings. The van der Waals surface area contributed by atoms with Crippen LogP contribution in [0, 0.1) is 0 Å². The Morgan fingerprint density at radius 1 is 0.409 bits per heavy atom. The summed E-state index contributed by atoms with van der Waals surface area (Å²) in [6, 6.07) is 0. The van der Waals surface area contributed by atoms with E-state index in [1.54, 1.807) is 12.2 Å². The SMILES string of the molecule is C=CCOCCOCCOCCOCCOCCOCC=C. The molecule has 130 valence electrons. The van der Waals surface area contributed by atoms with E-state index in [9.17, 15) is 0 Å². The summed E-state index contributed by atoms with van der Waals surface area (Å²) in [5.41, 5.74) is 0. The van der Waals surface area contributed by atoms with E-state index in [0.717, 1.165) is 0 Å². The van der Waals surface area contributed by atoms with Gasteiger partial charge in [0.2, 0.25) is 0 Å². The fourth-order valence-corrected chi connectivity index (χ4v) is 1.33. The molecule has 0 heterocycles. The predicted octanol–water partition coefficient (Wildman–Crippen LogP) is 1.46. The molecule has 0 N–H and O–H groups in total. The summed E-state index contributed by atoms with van der Waals surface area (Å²) in [5.74, 6) is 0. The highest BCUT2D eigenvalue weighted by atomic mass is 16.6. The molecular weight excluding hydrogens is 288 g/mol. The van der Waals surface area contributed by atoms with Gasteiger partial charge in [0.25, 0.3) is 0 Å². The van der Waals surface area contributed by atoms with E-state index in [-0.39, 0.29) is 0 Å². The Kier molecular flexibility index (Phi) is 19.5. The summed E-state index contributed by atoms with van der Waals surface area (Å²) in [6.07, 6.45) is 3.43. The first-order valence-corrected chi connectivity index (χ1v) is 7.60. The van der Waals surface area contributed by atoms with E-state index in [0.29, 0.717) is 79.3 Å². The first-order valence-electron chi connectivity index (χ1n) is 7.60. The Labute approximate surface area is 134 Å². The highest BCUT2D eigenvalue weighted by molar-refractivity contribution is 4.63. The minimum absolute atomic E-state index is 0.554. The summed E-state index contributed by atoms with van der Waals surface area (Å²) in [4.78, 5) is 0. The minimum atomic E-state index is 0.554. The third kappa shape index (κ3) is 19.2. The van der Waals surface area contributed by atoms with Crippen molar-refractivity contribution in [2.45, 2.75) is 0 Å². The number of hydrogen-bond acceptors (Lipinski definition) is 6. The second-order valence-electron chi connectivity index (χ2n) is 4.18. The van der Waals surface area contributed by atoms with Crippen LogP contribution in [0.5, 0.6) is 0 Å². The largest absolute Gasteiger partial charge is 0.377 e. The number of hydrogen-bond donors (Lipinski definition) is 0. The predicted molar refractivity (Wildman–Crippen MR) is 85.3 cm³/mol. The molecule has 0 fully saturated rings. The Hall–Kier alpha value is -0.760. The van der Waals surface area contributed by atoms with Crippen LogP contribution >= 0.6 is 0 Å². The lowest BCUT2D eigenvalue weighted by Crippen LogP contribution is -2.14. The molecule has 0 saturated heterocycles. The van der Waals surface area contributed by atoms with Crippen molar-refractivity contribution in [2.24, 2.45) is 0 Å². The smallest absolute Gasteiger partial charge is 0.0704 e. The van der Waals surface area contributed by atoms with Crippen LogP contribution in [-0.4, -0.2) is 79.3 Å². The number of ether oxygens (including phenoxy) is 6. The maximum absolute atomic E-state index is 5.36. The molecule has 22 heavy (non-hydrogen) atoms. The van der Waals surface area contributed by atoms with Gasteiger partial charge < -0.3 is 28.4 Å². The lowest BCUT2D eigenvalue weighted by molar-refractivity contribution is -0.0145. The fraction of sp³-hybridized carbons (Fsp3) is 0.750. The molecule has 0 unspecified atom stereocenters. The topological polar surface area (TPSA) is 55.4 Å². The quantitative estimate of drug-likeness (QED) is 0.265. The molecule has 0 spiro atoms. The summed E-state index contributed by atoms with van der Waals surface area (Å²) >= 11 is 0. The fourth-order valence-electron chi connectivity index (χ4n) is 1.33. The first-order chi connectivity index (χ1) is 10.9. The van der Waals surface area contributed by atoms with Crippen molar-refractivity contribution in [1.29, 1.82) is 0 Å². The van der Waals surface area contributed by atoms with Gasteiger partial charge in [-0.05, 0) is 0 Å². The van der Waals surface area contributed by atoms with E-state index >= 15 is 0 Å². The third-order valence-electron chi connectivity index (χ3n) is 2.33. The van der Waals surface area contributed by atoms with Crippen molar-refractivity contribution >= 4 is 0 Å². The average molecular weight is 318 g/mol. The standard InChI is InChI=1S/C16H30O6/c1-3-5-17-7-9-19-11-13-21-15-16-22-14-12-20-10-8-18-6-4-2/h3-4H,1-2,5-16H2. The first kappa shape index (κ1) is 21.2. The molecule has 0 aliphatic rings. The molecule has 0 rings (SSSR count). The Bertz CT molecular complexity index is 211. The molecular formula is C16H30O6. The lowest BCUT2D eigenvalue weighted by atomic mass is 10.6. The summed E-state index contributed by atoms with van der Waals surface area (Å²) in [5, 5.41) is 0. The molecule has 0 aromatic heterocycles. The van der Waals surface area contributed by atoms with Crippen molar-refractivity contribution in [3.63, 3.8) is 0 Å². The van der Waals surface area contributed by atoms with Gasteiger partial charge in [0.1, 0.15) is 0 Å². The van der Waals surface area contributed by atoms with Gasteiger partial charge in [-0.2, -0.15) is 0 Å². The summed E-state index contributed by atoms with van der Waals surface area (Å²) < 4.78 is 31.7. The highest BCUT2D eigenvalue weighted by Crippen LogP contribution is 1.84. The van der Waals surface area contributed by atoms with Crippen molar-refractivity contribution in [3.8, 4) is 0 Å². The lowest BCUT2D eigenvalue weighted by Gasteiger charge is -2.07. The molecule has 0 saturated carbocycles. The molecule has 0 aromatic carbocycles. The maximum Gasteiger partial charge on any atom is 0.0704 e. The van der Waals surface area contributed by atoms with Gasteiger partial charge >= 0.3 is 0 Å². The van der Waals surface area contributed by atoms with E-state index in [2.05, 4.69) is 13.2 Å². The molecule has 0 aliphatic heterocycles. The van der Waals surface area contributed by atoms with Gasteiger partial charge in [-0.1, -0.05) is 12.2 Å². The van der Waals surface area contributed by atoms with Crippen LogP contribution in [0.25, 0.3) is 0 Å². The zero-order chi connectivity index (χ0) is 16.1. The van der Waals surface area contributed by atoms with Gasteiger partial charge in [0.05, 0.1) is 79.3 Å². The minimum Gasteiger partial charge on any atom is -0.377 e. The molecule has 0 bridgehead atoms. The Morgan fingerprint density at radius 3 is 0.864 bits per heavy atom. The summed E-state index contributed by atoms with van der Waals surface area (Å²) in [6.45, 7) is 13.9. The van der Waals surface area contributed by atoms with E-state index < -0.39 is 0 Å². The van der Waals surface area contributed by atoms with Crippen LogP contribution in [0.2, 0.25) is 0 Å². The second-order valence-corrected chi connectivity index (χ2v) is 4.18. The summed E-state index contributed by atoms with van der Waals surface area (Å²) in [7, 11) is 0. The maximum atomic E-state index is 5.36. The van der Waals surface area contributed by atoms with Gasteiger partial charge in [-0.3, -0.25) is 0 Å². The highest BCUT2D eigenvalue weighted by Gasteiger charge is 1.93. The van der Waals surface area contributed by atoms with Gasteiger partial charge in [0.15, 0.2) is 0 Å². The van der Waals surface area contributed by atoms with Crippen LogP contribution in [0.3, 0.4) is 0 Å². The third-order valence-corrected chi connectivity index (χ3v) is 2.33. The van der Waals surface area contributed by atoms with E-state index in [1.807, 2.05) is 0 Å². The van der Waals surface area contributed by atoms with E-state index in [4.69, 9.17) is 28.4 Å². The molecule has 0 amide bonds. The van der Waals surface area contributed by atoms with Crippen molar-refractivity contribution in [2.75, 3.05) is 79.3 Å². The van der Waals surface area contributed by atoms with Crippen LogP contribution in [0.1, 0.15) is 0 Å². The molecule has 6 nitrogen and oxygen atoms in total. The molecule has 0 atom stereocenters. The van der Waals surface area contributed by atoms with Crippen molar-refractivity contribution in [1.82, 2.24) is 0 Å². The van der Waals surface area contributed by atoms with Gasteiger partial charge in [-0.25, -0.2) is 0 Å². The second kappa shape index (κ2) is 20.2. The Balaban J connectivity index is 2.94. The van der Waals surface area contributed by atoms with Gasteiger partial charge in [-0.15, -0.1) is 13.2 Å². The number of rotatable bonds is 19. The zero-order valence-electron chi connectivity index (χ0n) is 13.5. The van der Waals surface area contributed by atoms with Crippen LogP contribution in [-0.2, 0) is 28.4 Å². The molecule has 0 aliphatic carbocycles. The Morgan fingerprint density at radius 2 is 0.636 bits per heavy atom. The average Bonchev–Trinajstić information content (AvgIpc) is 2.54. The molecule has 6 heteroatoms. The van der Waals surface area contributed by atoms with E-state index in [1.165, 1.54) is 0 Å². The van der Waals surface area contributed by atoms with Crippen molar-refractivity contribution in [3.05, 3.63) is 25.3 Å². The monoisotopic (exact) mass is 318 g/mol. The molecule has 0 radical (unpaired) electrons.